The van der Waals surface area contributed by atoms with E-state index in [1.54, 1.807) is 6.07 Å². The Morgan fingerprint density at radius 3 is 2.81 bits per heavy atom. The summed E-state index contributed by atoms with van der Waals surface area (Å²) in [5.41, 5.74) is 0.716. The van der Waals surface area contributed by atoms with Crippen molar-refractivity contribution in [2.45, 2.75) is 44.6 Å². The molecular formula is C16H23ClN2O2. The first-order chi connectivity index (χ1) is 10.2. The van der Waals surface area contributed by atoms with Crippen LogP contribution in [0.1, 0.15) is 38.5 Å². The van der Waals surface area contributed by atoms with Crippen molar-refractivity contribution in [1.82, 2.24) is 5.32 Å². The third-order valence-electron chi connectivity index (χ3n) is 3.64. The summed E-state index contributed by atoms with van der Waals surface area (Å²) >= 11 is 6.23. The molecule has 2 N–H and O–H groups in total. The summed E-state index contributed by atoms with van der Waals surface area (Å²) in [6.07, 6.45) is 6.24. The summed E-state index contributed by atoms with van der Waals surface area (Å²) in [6.45, 7) is 0.836. The maximum atomic E-state index is 11.7. The zero-order valence-electron chi connectivity index (χ0n) is 12.5. The maximum Gasteiger partial charge on any atom is 0.224 e. The number of benzene rings is 1. The Labute approximate surface area is 131 Å². The third kappa shape index (κ3) is 5.21. The van der Waals surface area contributed by atoms with E-state index in [1.165, 1.54) is 12.8 Å². The van der Waals surface area contributed by atoms with Crippen LogP contribution in [0.3, 0.4) is 0 Å². The molecule has 0 aliphatic heterocycles. The van der Waals surface area contributed by atoms with E-state index in [4.69, 9.17) is 16.3 Å². The van der Waals surface area contributed by atoms with Crippen molar-refractivity contribution in [2.24, 2.45) is 0 Å². The average molecular weight is 311 g/mol. The van der Waals surface area contributed by atoms with Crippen molar-refractivity contribution in [3.63, 3.8) is 0 Å². The van der Waals surface area contributed by atoms with Crippen molar-refractivity contribution >= 4 is 23.2 Å². The number of halogens is 1. The van der Waals surface area contributed by atoms with E-state index < -0.39 is 0 Å². The van der Waals surface area contributed by atoms with Gasteiger partial charge in [0.25, 0.3) is 0 Å². The van der Waals surface area contributed by atoms with Crippen molar-refractivity contribution < 1.29 is 9.53 Å². The molecule has 1 fully saturated rings. The molecule has 0 saturated heterocycles. The van der Waals surface area contributed by atoms with Gasteiger partial charge in [0.05, 0.1) is 11.1 Å². The van der Waals surface area contributed by atoms with Gasteiger partial charge in [-0.15, -0.1) is 0 Å². The Morgan fingerprint density at radius 2 is 2.14 bits per heavy atom. The van der Waals surface area contributed by atoms with Crippen LogP contribution in [0.25, 0.3) is 0 Å². The summed E-state index contributed by atoms with van der Waals surface area (Å²) in [6, 6.07) is 5.43. The molecule has 1 saturated carbocycles. The molecule has 0 radical (unpaired) electrons. The van der Waals surface area contributed by atoms with Gasteiger partial charge in [-0.3, -0.25) is 4.79 Å². The molecule has 21 heavy (non-hydrogen) atoms. The second kappa shape index (κ2) is 8.25. The molecule has 1 aromatic rings. The van der Waals surface area contributed by atoms with E-state index in [2.05, 4.69) is 10.6 Å². The quantitative estimate of drug-likeness (QED) is 0.757. The Kier molecular flexibility index (Phi) is 6.33. The van der Waals surface area contributed by atoms with Crippen molar-refractivity contribution in [2.75, 3.05) is 18.9 Å². The summed E-state index contributed by atoms with van der Waals surface area (Å²) in [7, 11) is 1.88. The first-order valence-corrected chi connectivity index (χ1v) is 7.97. The van der Waals surface area contributed by atoms with Gasteiger partial charge in [0.15, 0.2) is 0 Å². The highest BCUT2D eigenvalue weighted by molar-refractivity contribution is 6.32. The zero-order chi connectivity index (χ0) is 15.1. The van der Waals surface area contributed by atoms with Crippen LogP contribution in [0, 0.1) is 0 Å². The lowest BCUT2D eigenvalue weighted by Gasteiger charge is -2.15. The molecule has 1 aromatic carbocycles. The minimum Gasteiger partial charge on any atom is -0.489 e. The molecule has 2 rings (SSSR count). The van der Waals surface area contributed by atoms with Crippen LogP contribution in [0.15, 0.2) is 18.2 Å². The minimum absolute atomic E-state index is 0.00535. The number of anilines is 1. The van der Waals surface area contributed by atoms with Crippen LogP contribution in [0.4, 0.5) is 5.69 Å². The van der Waals surface area contributed by atoms with Crippen LogP contribution < -0.4 is 15.4 Å². The summed E-state index contributed by atoms with van der Waals surface area (Å²) < 4.78 is 5.89. The Hall–Kier alpha value is -1.26. The number of hydrogen-bond donors (Lipinski definition) is 2. The Bertz CT molecular complexity index is 473. The van der Waals surface area contributed by atoms with Gasteiger partial charge in [-0.25, -0.2) is 0 Å². The van der Waals surface area contributed by atoms with Crippen LogP contribution in [-0.2, 0) is 4.79 Å². The van der Waals surface area contributed by atoms with Crippen LogP contribution in [-0.4, -0.2) is 25.6 Å². The standard InChI is InChI=1S/C16H23ClN2O2/c1-18-10-4-7-16(20)19-12-8-9-15(14(17)11-12)21-13-5-2-3-6-13/h8-9,11,13,18H,2-7,10H2,1H3,(H,19,20). The van der Waals surface area contributed by atoms with Gasteiger partial charge in [-0.1, -0.05) is 11.6 Å². The van der Waals surface area contributed by atoms with E-state index in [0.29, 0.717) is 22.9 Å². The van der Waals surface area contributed by atoms with Gasteiger partial charge in [0, 0.05) is 12.1 Å². The van der Waals surface area contributed by atoms with Crippen molar-refractivity contribution in [1.29, 1.82) is 0 Å². The second-order valence-electron chi connectivity index (χ2n) is 5.42. The third-order valence-corrected chi connectivity index (χ3v) is 3.94. The number of ether oxygens (including phenoxy) is 1. The number of carbonyl (C=O) groups excluding carboxylic acids is 1. The molecular weight excluding hydrogens is 288 g/mol. The SMILES string of the molecule is CNCCCC(=O)Nc1ccc(OC2CCCC2)c(Cl)c1. The number of hydrogen-bond acceptors (Lipinski definition) is 3. The monoisotopic (exact) mass is 310 g/mol. The number of rotatable bonds is 7. The molecule has 0 bridgehead atoms. The lowest BCUT2D eigenvalue weighted by atomic mass is 10.2. The molecule has 1 aliphatic rings. The largest absolute Gasteiger partial charge is 0.489 e. The fourth-order valence-corrected chi connectivity index (χ4v) is 2.73. The molecule has 5 heteroatoms. The van der Waals surface area contributed by atoms with E-state index in [0.717, 1.165) is 25.8 Å². The molecule has 0 atom stereocenters. The van der Waals surface area contributed by atoms with E-state index in [9.17, 15) is 4.79 Å². The molecule has 0 heterocycles. The number of nitrogens with one attached hydrogen (secondary N) is 2. The smallest absolute Gasteiger partial charge is 0.224 e. The summed E-state index contributed by atoms with van der Waals surface area (Å²) in [5, 5.41) is 6.43. The number of amides is 1. The predicted molar refractivity (Wildman–Crippen MR) is 86.1 cm³/mol. The van der Waals surface area contributed by atoms with E-state index in [1.807, 2.05) is 19.2 Å². The lowest BCUT2D eigenvalue weighted by Crippen LogP contribution is -2.15. The molecule has 116 valence electrons. The van der Waals surface area contributed by atoms with Gasteiger partial charge in [0.1, 0.15) is 5.75 Å². The highest BCUT2D eigenvalue weighted by atomic mass is 35.5. The zero-order valence-corrected chi connectivity index (χ0v) is 13.2. The highest BCUT2D eigenvalue weighted by Crippen LogP contribution is 2.31. The van der Waals surface area contributed by atoms with Crippen LogP contribution >= 0.6 is 11.6 Å². The van der Waals surface area contributed by atoms with Gasteiger partial charge >= 0.3 is 0 Å². The Morgan fingerprint density at radius 1 is 1.38 bits per heavy atom. The van der Waals surface area contributed by atoms with Crippen molar-refractivity contribution in [3.8, 4) is 5.75 Å². The van der Waals surface area contributed by atoms with Gasteiger partial charge < -0.3 is 15.4 Å². The first kappa shape index (κ1) is 16.1. The minimum atomic E-state index is 0.00535. The van der Waals surface area contributed by atoms with Gasteiger partial charge in [-0.05, 0) is 63.9 Å². The molecule has 0 spiro atoms. The highest BCUT2D eigenvalue weighted by Gasteiger charge is 2.17. The van der Waals surface area contributed by atoms with Crippen molar-refractivity contribution in [3.05, 3.63) is 23.2 Å². The molecule has 0 unspecified atom stereocenters. The second-order valence-corrected chi connectivity index (χ2v) is 5.83. The maximum absolute atomic E-state index is 11.7. The molecule has 0 aromatic heterocycles. The summed E-state index contributed by atoms with van der Waals surface area (Å²) in [4.78, 5) is 11.7. The average Bonchev–Trinajstić information content (AvgIpc) is 2.95. The first-order valence-electron chi connectivity index (χ1n) is 7.59. The topological polar surface area (TPSA) is 50.4 Å². The predicted octanol–water partition coefficient (Wildman–Crippen LogP) is 3.60. The molecule has 4 nitrogen and oxygen atoms in total. The summed E-state index contributed by atoms with van der Waals surface area (Å²) in [5.74, 6) is 0.711. The van der Waals surface area contributed by atoms with E-state index >= 15 is 0 Å². The Balaban J connectivity index is 1.87. The lowest BCUT2D eigenvalue weighted by molar-refractivity contribution is -0.116. The van der Waals surface area contributed by atoms with E-state index in [-0.39, 0.29) is 12.0 Å². The van der Waals surface area contributed by atoms with Gasteiger partial charge in [-0.2, -0.15) is 0 Å². The van der Waals surface area contributed by atoms with Crippen LogP contribution in [0.2, 0.25) is 5.02 Å². The van der Waals surface area contributed by atoms with Gasteiger partial charge in [0.2, 0.25) is 5.91 Å². The normalized spacial score (nSPS) is 15.1. The fourth-order valence-electron chi connectivity index (χ4n) is 2.51. The fraction of sp³-hybridized carbons (Fsp3) is 0.562. The van der Waals surface area contributed by atoms with Crippen LogP contribution in [0.5, 0.6) is 5.75 Å². The molecule has 1 amide bonds. The molecule has 1 aliphatic carbocycles. The number of carbonyl (C=O) groups is 1.